The molecule has 0 radical (unpaired) electrons. The number of thioether (sulfide) groups is 1. The van der Waals surface area contributed by atoms with Gasteiger partial charge in [0.1, 0.15) is 4.34 Å². The third kappa shape index (κ3) is 4.72. The molecule has 0 amide bonds. The van der Waals surface area contributed by atoms with Crippen LogP contribution in [0.1, 0.15) is 24.1 Å². The minimum absolute atomic E-state index is 0.133. The van der Waals surface area contributed by atoms with Crippen molar-refractivity contribution in [2.75, 3.05) is 12.3 Å². The molecule has 1 atom stereocenters. The number of halogens is 3. The van der Waals surface area contributed by atoms with Gasteiger partial charge in [-0.15, -0.1) is 11.3 Å². The van der Waals surface area contributed by atoms with Crippen LogP contribution < -0.4 is 5.32 Å². The lowest BCUT2D eigenvalue weighted by atomic mass is 10.0. The molecule has 0 saturated heterocycles. The highest BCUT2D eigenvalue weighted by atomic mass is 32.2. The summed E-state index contributed by atoms with van der Waals surface area (Å²) in [6.45, 7) is 2.63. The lowest BCUT2D eigenvalue weighted by Gasteiger charge is -2.19. The first-order chi connectivity index (χ1) is 10.0. The number of nitrogens with one attached hydrogen (secondary N) is 1. The Morgan fingerprint density at radius 3 is 2.81 bits per heavy atom. The van der Waals surface area contributed by atoms with Crippen LogP contribution in [0.15, 0.2) is 40.2 Å². The average Bonchev–Trinajstić information content (AvgIpc) is 2.96. The van der Waals surface area contributed by atoms with E-state index in [1.807, 2.05) is 12.3 Å². The molecule has 1 unspecified atom stereocenters. The van der Waals surface area contributed by atoms with E-state index in [2.05, 4.69) is 10.3 Å². The Balaban J connectivity index is 2.13. The first-order valence-electron chi connectivity index (χ1n) is 6.43. The van der Waals surface area contributed by atoms with Crippen LogP contribution in [-0.2, 0) is 6.18 Å². The summed E-state index contributed by atoms with van der Waals surface area (Å²) in [6, 6.07) is 5.36. The zero-order valence-corrected chi connectivity index (χ0v) is 13.0. The Bertz CT molecular complexity index is 556. The molecule has 7 heteroatoms. The minimum Gasteiger partial charge on any atom is -0.309 e. The molecule has 1 N–H and O–H groups in total. The first kappa shape index (κ1) is 16.3. The highest BCUT2D eigenvalue weighted by Crippen LogP contribution is 2.32. The molecular weight excluding hydrogens is 317 g/mol. The summed E-state index contributed by atoms with van der Waals surface area (Å²) in [4.78, 5) is 4.17. The van der Waals surface area contributed by atoms with E-state index >= 15 is 0 Å². The van der Waals surface area contributed by atoms with Gasteiger partial charge in [0.05, 0.1) is 5.56 Å². The number of aromatic nitrogens is 1. The largest absolute Gasteiger partial charge is 0.416 e. The Morgan fingerprint density at radius 2 is 2.19 bits per heavy atom. The molecule has 1 aromatic heterocycles. The van der Waals surface area contributed by atoms with Gasteiger partial charge in [0.15, 0.2) is 0 Å². The van der Waals surface area contributed by atoms with E-state index < -0.39 is 11.7 Å². The van der Waals surface area contributed by atoms with Crippen LogP contribution in [-0.4, -0.2) is 17.3 Å². The summed E-state index contributed by atoms with van der Waals surface area (Å²) in [7, 11) is 0. The number of thiazole rings is 1. The van der Waals surface area contributed by atoms with Crippen molar-refractivity contribution in [3.05, 3.63) is 47.0 Å². The molecule has 0 spiro atoms. The van der Waals surface area contributed by atoms with Gasteiger partial charge >= 0.3 is 6.18 Å². The van der Waals surface area contributed by atoms with E-state index in [0.717, 1.165) is 10.4 Å². The molecule has 1 heterocycles. The number of nitrogens with zero attached hydrogens (tertiary/aromatic N) is 1. The van der Waals surface area contributed by atoms with Gasteiger partial charge in [-0.05, 0) is 24.2 Å². The maximum atomic E-state index is 12.8. The average molecular weight is 332 g/mol. The molecule has 0 fully saturated rings. The van der Waals surface area contributed by atoms with Crippen LogP contribution in [0.5, 0.6) is 0 Å². The molecule has 2 rings (SSSR count). The van der Waals surface area contributed by atoms with Gasteiger partial charge < -0.3 is 5.32 Å². The van der Waals surface area contributed by atoms with Crippen molar-refractivity contribution >= 4 is 23.1 Å². The molecular formula is C14H15F3N2S2. The fourth-order valence-corrected chi connectivity index (χ4v) is 3.65. The number of rotatable bonds is 6. The van der Waals surface area contributed by atoms with E-state index in [0.29, 0.717) is 17.9 Å². The predicted octanol–water partition coefficient (Wildman–Crippen LogP) is 4.60. The summed E-state index contributed by atoms with van der Waals surface area (Å²) < 4.78 is 39.3. The van der Waals surface area contributed by atoms with Crippen molar-refractivity contribution in [2.45, 2.75) is 23.5 Å². The molecule has 0 aliphatic rings. The number of alkyl halides is 3. The van der Waals surface area contributed by atoms with Crippen molar-refractivity contribution in [3.8, 4) is 0 Å². The van der Waals surface area contributed by atoms with Crippen molar-refractivity contribution in [1.82, 2.24) is 10.3 Å². The Morgan fingerprint density at radius 1 is 1.38 bits per heavy atom. The molecule has 21 heavy (non-hydrogen) atoms. The standard InChI is InChI=1S/C14H15F3N2S2/c1-2-18-12(9-21-13-19-6-7-20-13)10-4-3-5-11(8-10)14(15,16)17/h3-8,12,18H,2,9H2,1H3. The second kappa shape index (κ2) is 7.29. The quantitative estimate of drug-likeness (QED) is 0.782. The number of hydrogen-bond donors (Lipinski definition) is 1. The second-order valence-electron chi connectivity index (χ2n) is 4.34. The molecule has 0 bridgehead atoms. The van der Waals surface area contributed by atoms with Crippen LogP contribution in [0.2, 0.25) is 0 Å². The minimum atomic E-state index is -4.31. The highest BCUT2D eigenvalue weighted by Gasteiger charge is 2.30. The topological polar surface area (TPSA) is 24.9 Å². The highest BCUT2D eigenvalue weighted by molar-refractivity contribution is 8.01. The van der Waals surface area contributed by atoms with Gasteiger partial charge in [0.25, 0.3) is 0 Å². The second-order valence-corrected chi connectivity index (χ2v) is 6.50. The van der Waals surface area contributed by atoms with Crippen LogP contribution in [0.4, 0.5) is 13.2 Å². The Hall–Kier alpha value is -1.05. The van der Waals surface area contributed by atoms with Crippen molar-refractivity contribution in [1.29, 1.82) is 0 Å². The van der Waals surface area contributed by atoms with Gasteiger partial charge in [-0.1, -0.05) is 30.8 Å². The Kier molecular flexibility index (Phi) is 5.66. The van der Waals surface area contributed by atoms with Crippen LogP contribution in [0.3, 0.4) is 0 Å². The summed E-state index contributed by atoms with van der Waals surface area (Å²) in [5.41, 5.74) is 0.0397. The zero-order valence-electron chi connectivity index (χ0n) is 11.4. The molecule has 1 aromatic carbocycles. The first-order valence-corrected chi connectivity index (χ1v) is 8.30. The van der Waals surface area contributed by atoms with E-state index in [-0.39, 0.29) is 6.04 Å². The monoisotopic (exact) mass is 332 g/mol. The summed E-state index contributed by atoms with van der Waals surface area (Å²) in [5.74, 6) is 0.642. The fourth-order valence-electron chi connectivity index (χ4n) is 1.89. The van der Waals surface area contributed by atoms with E-state index in [1.54, 1.807) is 24.0 Å². The third-order valence-corrected chi connectivity index (χ3v) is 4.91. The number of benzene rings is 1. The van der Waals surface area contributed by atoms with Crippen LogP contribution in [0, 0.1) is 0 Å². The summed E-state index contributed by atoms with van der Waals surface area (Å²) >= 11 is 3.08. The summed E-state index contributed by atoms with van der Waals surface area (Å²) in [5, 5.41) is 5.11. The lowest BCUT2D eigenvalue weighted by molar-refractivity contribution is -0.137. The maximum Gasteiger partial charge on any atom is 0.416 e. The summed E-state index contributed by atoms with van der Waals surface area (Å²) in [6.07, 6.45) is -2.59. The van der Waals surface area contributed by atoms with Gasteiger partial charge in [-0.25, -0.2) is 4.98 Å². The van der Waals surface area contributed by atoms with Gasteiger partial charge in [0, 0.05) is 23.4 Å². The van der Waals surface area contributed by atoms with Crippen molar-refractivity contribution in [3.63, 3.8) is 0 Å². The molecule has 2 nitrogen and oxygen atoms in total. The maximum absolute atomic E-state index is 12.8. The number of hydrogen-bond acceptors (Lipinski definition) is 4. The zero-order chi connectivity index (χ0) is 15.3. The van der Waals surface area contributed by atoms with Crippen LogP contribution in [0.25, 0.3) is 0 Å². The lowest BCUT2D eigenvalue weighted by Crippen LogP contribution is -2.23. The molecule has 114 valence electrons. The molecule has 0 saturated carbocycles. The SMILES string of the molecule is CCNC(CSc1nccs1)c1cccc(C(F)(F)F)c1. The smallest absolute Gasteiger partial charge is 0.309 e. The van der Waals surface area contributed by atoms with Crippen LogP contribution >= 0.6 is 23.1 Å². The Labute approximate surface area is 129 Å². The van der Waals surface area contributed by atoms with E-state index in [1.165, 1.54) is 23.5 Å². The fraction of sp³-hybridized carbons (Fsp3) is 0.357. The van der Waals surface area contributed by atoms with E-state index in [9.17, 15) is 13.2 Å². The normalized spacial score (nSPS) is 13.3. The van der Waals surface area contributed by atoms with Gasteiger partial charge in [-0.3, -0.25) is 0 Å². The van der Waals surface area contributed by atoms with E-state index in [4.69, 9.17) is 0 Å². The molecule has 0 aliphatic carbocycles. The van der Waals surface area contributed by atoms with Gasteiger partial charge in [-0.2, -0.15) is 13.2 Å². The third-order valence-electron chi connectivity index (χ3n) is 2.85. The van der Waals surface area contributed by atoms with Gasteiger partial charge in [0.2, 0.25) is 0 Å². The van der Waals surface area contributed by atoms with Crippen molar-refractivity contribution < 1.29 is 13.2 Å². The molecule has 2 aromatic rings. The molecule has 0 aliphatic heterocycles. The predicted molar refractivity (Wildman–Crippen MR) is 80.7 cm³/mol. The van der Waals surface area contributed by atoms with Crippen molar-refractivity contribution in [2.24, 2.45) is 0 Å².